The maximum Gasteiger partial charge on any atom is 0.259 e. The smallest absolute Gasteiger partial charge is 0.259 e. The van der Waals surface area contributed by atoms with Crippen LogP contribution < -0.4 is 4.90 Å². The summed E-state index contributed by atoms with van der Waals surface area (Å²) in [6.45, 7) is 0.605. The Bertz CT molecular complexity index is 827. The zero-order valence-electron chi connectivity index (χ0n) is 12.3. The molecule has 0 atom stereocenters. The summed E-state index contributed by atoms with van der Waals surface area (Å²) in [6.07, 6.45) is 2.95. The van der Waals surface area contributed by atoms with Gasteiger partial charge in [0.25, 0.3) is 5.91 Å². The van der Waals surface area contributed by atoms with Crippen LogP contribution in [0.25, 0.3) is 0 Å². The topological polar surface area (TPSA) is 54.5 Å². The van der Waals surface area contributed by atoms with Gasteiger partial charge in [-0.05, 0) is 36.6 Å². The molecule has 0 saturated heterocycles. The number of amides is 1. The summed E-state index contributed by atoms with van der Waals surface area (Å²) < 4.78 is 23.8. The third kappa shape index (κ3) is 2.64. The number of hydrogen-bond acceptors (Lipinski definition) is 3. The molecule has 22 heavy (non-hydrogen) atoms. The molecule has 114 valence electrons. The van der Waals surface area contributed by atoms with E-state index in [2.05, 4.69) is 0 Å². The van der Waals surface area contributed by atoms with Crippen molar-refractivity contribution in [3.05, 3.63) is 59.7 Å². The van der Waals surface area contributed by atoms with E-state index < -0.39 is 9.84 Å². The van der Waals surface area contributed by atoms with Crippen LogP contribution in [0.1, 0.15) is 22.3 Å². The van der Waals surface area contributed by atoms with Crippen LogP contribution in [-0.2, 0) is 16.3 Å². The highest BCUT2D eigenvalue weighted by molar-refractivity contribution is 7.90. The molecule has 0 radical (unpaired) electrons. The van der Waals surface area contributed by atoms with Crippen molar-refractivity contribution in [2.45, 2.75) is 17.7 Å². The van der Waals surface area contributed by atoms with E-state index in [0.717, 1.165) is 30.3 Å². The maximum absolute atomic E-state index is 12.9. The number of anilines is 1. The van der Waals surface area contributed by atoms with E-state index in [1.54, 1.807) is 23.1 Å². The Labute approximate surface area is 130 Å². The molecule has 0 N–H and O–H groups in total. The molecule has 1 amide bonds. The van der Waals surface area contributed by atoms with E-state index in [4.69, 9.17) is 0 Å². The largest absolute Gasteiger partial charge is 0.308 e. The summed E-state index contributed by atoms with van der Waals surface area (Å²) in [5.74, 6) is -0.256. The molecule has 0 spiro atoms. The van der Waals surface area contributed by atoms with Gasteiger partial charge in [0.2, 0.25) is 0 Å². The van der Waals surface area contributed by atoms with E-state index in [9.17, 15) is 13.2 Å². The normalized spacial score (nSPS) is 14.5. The molecular formula is C17H17NO3S. The number of aryl methyl sites for hydroxylation is 1. The van der Waals surface area contributed by atoms with Gasteiger partial charge in [-0.2, -0.15) is 0 Å². The molecule has 0 saturated carbocycles. The molecule has 3 rings (SSSR count). The van der Waals surface area contributed by atoms with E-state index in [1.807, 2.05) is 24.3 Å². The molecule has 0 aliphatic carbocycles. The van der Waals surface area contributed by atoms with E-state index in [-0.39, 0.29) is 16.4 Å². The van der Waals surface area contributed by atoms with Crippen molar-refractivity contribution in [3.63, 3.8) is 0 Å². The highest BCUT2D eigenvalue weighted by Crippen LogP contribution is 2.29. The molecule has 1 aliphatic rings. The molecule has 5 heteroatoms. The van der Waals surface area contributed by atoms with Crippen LogP contribution in [0.2, 0.25) is 0 Å². The SMILES string of the molecule is CS(=O)(=O)c1ccccc1C(=O)N1CCCc2ccccc21. The van der Waals surface area contributed by atoms with E-state index in [0.29, 0.717) is 6.54 Å². The fourth-order valence-corrected chi connectivity index (χ4v) is 3.74. The fraction of sp³-hybridized carbons (Fsp3) is 0.235. The minimum absolute atomic E-state index is 0.0862. The second-order valence-electron chi connectivity index (χ2n) is 5.46. The van der Waals surface area contributed by atoms with E-state index >= 15 is 0 Å². The summed E-state index contributed by atoms with van der Waals surface area (Å²) in [4.78, 5) is 14.7. The average Bonchev–Trinajstić information content (AvgIpc) is 2.53. The van der Waals surface area contributed by atoms with Crippen molar-refractivity contribution >= 4 is 21.4 Å². The third-order valence-corrected chi connectivity index (χ3v) is 5.03. The van der Waals surface area contributed by atoms with Gasteiger partial charge >= 0.3 is 0 Å². The van der Waals surface area contributed by atoms with Gasteiger partial charge in [0.1, 0.15) is 0 Å². The molecule has 4 nitrogen and oxygen atoms in total. The molecule has 0 fully saturated rings. The highest BCUT2D eigenvalue weighted by atomic mass is 32.2. The van der Waals surface area contributed by atoms with Gasteiger partial charge in [0.15, 0.2) is 9.84 Å². The standard InChI is InChI=1S/C17H17NO3S/c1-22(20,21)16-11-5-3-9-14(16)17(19)18-12-6-8-13-7-2-4-10-15(13)18/h2-5,7,9-11H,6,8,12H2,1H3. The van der Waals surface area contributed by atoms with Crippen LogP contribution in [0.15, 0.2) is 53.4 Å². The van der Waals surface area contributed by atoms with Crippen LogP contribution in [0.3, 0.4) is 0 Å². The highest BCUT2D eigenvalue weighted by Gasteiger charge is 2.26. The summed E-state index contributed by atoms with van der Waals surface area (Å²) in [5, 5.41) is 0. The Morgan fingerprint density at radius 3 is 2.50 bits per heavy atom. The quantitative estimate of drug-likeness (QED) is 0.856. The molecular weight excluding hydrogens is 298 g/mol. The third-order valence-electron chi connectivity index (χ3n) is 3.87. The van der Waals surface area contributed by atoms with Gasteiger partial charge in [0.05, 0.1) is 10.5 Å². The molecule has 1 heterocycles. The first-order valence-electron chi connectivity index (χ1n) is 7.17. The first-order chi connectivity index (χ1) is 10.5. The lowest BCUT2D eigenvalue weighted by atomic mass is 10.0. The molecule has 2 aromatic carbocycles. The van der Waals surface area contributed by atoms with E-state index in [1.165, 1.54) is 6.07 Å². The first kappa shape index (κ1) is 14.8. The average molecular weight is 315 g/mol. The van der Waals surface area contributed by atoms with Gasteiger partial charge in [-0.1, -0.05) is 30.3 Å². The second-order valence-corrected chi connectivity index (χ2v) is 7.44. The van der Waals surface area contributed by atoms with Gasteiger partial charge < -0.3 is 4.90 Å². The Hall–Kier alpha value is -2.14. The number of benzene rings is 2. The Morgan fingerprint density at radius 1 is 1.05 bits per heavy atom. The van der Waals surface area contributed by atoms with Gasteiger partial charge in [-0.3, -0.25) is 4.79 Å². The second kappa shape index (κ2) is 5.57. The minimum Gasteiger partial charge on any atom is -0.308 e. The lowest BCUT2D eigenvalue weighted by Gasteiger charge is -2.30. The van der Waals surface area contributed by atoms with Crippen LogP contribution in [0.4, 0.5) is 5.69 Å². The monoisotopic (exact) mass is 315 g/mol. The number of carbonyl (C=O) groups excluding carboxylic acids is 1. The minimum atomic E-state index is -3.44. The zero-order valence-corrected chi connectivity index (χ0v) is 13.1. The van der Waals surface area contributed by atoms with Gasteiger partial charge in [0, 0.05) is 18.5 Å². The number of rotatable bonds is 2. The molecule has 0 bridgehead atoms. The predicted molar refractivity (Wildman–Crippen MR) is 86.0 cm³/mol. The van der Waals surface area contributed by atoms with Crippen LogP contribution in [0.5, 0.6) is 0 Å². The van der Waals surface area contributed by atoms with Crippen LogP contribution in [-0.4, -0.2) is 27.1 Å². The number of para-hydroxylation sites is 1. The summed E-state index contributed by atoms with van der Waals surface area (Å²) >= 11 is 0. The number of sulfone groups is 1. The summed E-state index contributed by atoms with van der Waals surface area (Å²) in [7, 11) is -3.44. The van der Waals surface area contributed by atoms with Crippen molar-refractivity contribution in [1.29, 1.82) is 0 Å². The fourth-order valence-electron chi connectivity index (χ4n) is 2.86. The Kier molecular flexibility index (Phi) is 3.74. The summed E-state index contributed by atoms with van der Waals surface area (Å²) in [5.41, 5.74) is 2.24. The van der Waals surface area contributed by atoms with Gasteiger partial charge in [-0.25, -0.2) is 8.42 Å². The Balaban J connectivity index is 2.07. The van der Waals surface area contributed by atoms with Crippen molar-refractivity contribution in [3.8, 4) is 0 Å². The van der Waals surface area contributed by atoms with Crippen LogP contribution >= 0.6 is 0 Å². The number of fused-ring (bicyclic) bond motifs is 1. The predicted octanol–water partition coefficient (Wildman–Crippen LogP) is 2.68. The molecule has 1 aliphatic heterocycles. The number of carbonyl (C=O) groups is 1. The lowest BCUT2D eigenvalue weighted by molar-refractivity contribution is 0.0982. The summed E-state index contributed by atoms with van der Waals surface area (Å²) in [6, 6.07) is 14.2. The molecule has 2 aromatic rings. The molecule has 0 aromatic heterocycles. The lowest BCUT2D eigenvalue weighted by Crippen LogP contribution is -2.36. The zero-order chi connectivity index (χ0) is 15.7. The van der Waals surface area contributed by atoms with Crippen molar-refractivity contribution in [2.24, 2.45) is 0 Å². The van der Waals surface area contributed by atoms with Crippen molar-refractivity contribution in [1.82, 2.24) is 0 Å². The van der Waals surface area contributed by atoms with Crippen molar-refractivity contribution < 1.29 is 13.2 Å². The number of hydrogen-bond donors (Lipinski definition) is 0. The van der Waals surface area contributed by atoms with Crippen LogP contribution in [0, 0.1) is 0 Å². The Morgan fingerprint density at radius 2 is 1.73 bits per heavy atom. The number of nitrogens with zero attached hydrogens (tertiary/aromatic N) is 1. The first-order valence-corrected chi connectivity index (χ1v) is 9.06. The maximum atomic E-state index is 12.9. The van der Waals surface area contributed by atoms with Gasteiger partial charge in [-0.15, -0.1) is 0 Å². The molecule has 0 unspecified atom stereocenters. The van der Waals surface area contributed by atoms with Crippen molar-refractivity contribution in [2.75, 3.05) is 17.7 Å².